The number of halogens is 1. The van der Waals surface area contributed by atoms with E-state index in [1.807, 2.05) is 0 Å². The first kappa shape index (κ1) is 17.5. The van der Waals surface area contributed by atoms with Gasteiger partial charge in [-0.3, -0.25) is 0 Å². The van der Waals surface area contributed by atoms with Crippen molar-refractivity contribution in [2.45, 2.75) is 89.8 Å². The first-order valence-electron chi connectivity index (χ1n) is 7.78. The first-order chi connectivity index (χ1) is 8.22. The van der Waals surface area contributed by atoms with Crippen molar-refractivity contribution in [3.63, 3.8) is 0 Å². The molecule has 0 aliphatic rings. The van der Waals surface area contributed by atoms with Crippen LogP contribution >= 0.6 is 11.6 Å². The van der Waals surface area contributed by atoms with E-state index in [2.05, 4.69) is 20.0 Å². The molecule has 0 aromatic rings. The van der Waals surface area contributed by atoms with Crippen LogP contribution in [-0.2, 0) is 0 Å². The largest absolute Gasteiger partial charge is 0.127 e. The third kappa shape index (κ3) is 11.3. The minimum Gasteiger partial charge on any atom is -0.127 e. The second kappa shape index (κ2) is 13.0. The Bertz CT molecular complexity index is 148. The molecule has 0 fully saturated rings. The summed E-state index contributed by atoms with van der Waals surface area (Å²) in [5.74, 6) is 0.904. The maximum absolute atomic E-state index is 6.01. The molecular weight excluding hydrogens is 244 g/mol. The van der Waals surface area contributed by atoms with Gasteiger partial charge in [-0.1, -0.05) is 84.2 Å². The molecular formula is C15H33ClSi. The van der Waals surface area contributed by atoms with E-state index >= 15 is 0 Å². The zero-order valence-electron chi connectivity index (χ0n) is 12.3. The highest BCUT2D eigenvalue weighted by Crippen LogP contribution is 2.21. The Kier molecular flexibility index (Phi) is 13.3. The third-order valence-electron chi connectivity index (χ3n) is 3.82. The van der Waals surface area contributed by atoms with Gasteiger partial charge in [0, 0.05) is 14.7 Å². The lowest BCUT2D eigenvalue weighted by atomic mass is 10.1. The summed E-state index contributed by atoms with van der Waals surface area (Å²) in [4.78, 5) is 0. The standard InChI is InChI=1S/C15H33ClSi/c1-4-5-6-7-8-9-10-11-12-13-15(14-16)17(2)3/h15,17H,4-14H2,1-3H3. The van der Waals surface area contributed by atoms with Crippen LogP contribution in [0.3, 0.4) is 0 Å². The number of hydrogen-bond acceptors (Lipinski definition) is 0. The molecule has 0 radical (unpaired) electrons. The maximum atomic E-state index is 6.01. The molecule has 0 saturated heterocycles. The Morgan fingerprint density at radius 2 is 1.29 bits per heavy atom. The van der Waals surface area contributed by atoms with Crippen LogP contribution < -0.4 is 0 Å². The Balaban J connectivity index is 3.17. The second-order valence-corrected chi connectivity index (χ2v) is 9.51. The van der Waals surface area contributed by atoms with Crippen molar-refractivity contribution in [2.24, 2.45) is 0 Å². The van der Waals surface area contributed by atoms with Crippen LogP contribution in [0.4, 0.5) is 0 Å². The fourth-order valence-electron chi connectivity index (χ4n) is 2.31. The van der Waals surface area contributed by atoms with Crippen LogP contribution in [0.15, 0.2) is 0 Å². The second-order valence-electron chi connectivity index (χ2n) is 5.78. The van der Waals surface area contributed by atoms with Crippen molar-refractivity contribution >= 4 is 20.4 Å². The zero-order chi connectivity index (χ0) is 12.9. The summed E-state index contributed by atoms with van der Waals surface area (Å²) >= 11 is 6.01. The highest BCUT2D eigenvalue weighted by molar-refractivity contribution is 6.58. The van der Waals surface area contributed by atoms with E-state index in [4.69, 9.17) is 11.6 Å². The fraction of sp³-hybridized carbons (Fsp3) is 1.00. The molecule has 0 aliphatic heterocycles. The van der Waals surface area contributed by atoms with Gasteiger partial charge in [0.1, 0.15) is 0 Å². The molecule has 0 aromatic heterocycles. The van der Waals surface area contributed by atoms with Gasteiger partial charge in [-0.05, 0) is 5.54 Å². The van der Waals surface area contributed by atoms with E-state index in [0.717, 1.165) is 11.4 Å². The van der Waals surface area contributed by atoms with Gasteiger partial charge in [-0.15, -0.1) is 11.6 Å². The molecule has 1 unspecified atom stereocenters. The van der Waals surface area contributed by atoms with Crippen molar-refractivity contribution in [3.05, 3.63) is 0 Å². The van der Waals surface area contributed by atoms with Crippen LogP contribution in [0, 0.1) is 0 Å². The van der Waals surface area contributed by atoms with Crippen molar-refractivity contribution in [1.29, 1.82) is 0 Å². The van der Waals surface area contributed by atoms with Crippen LogP contribution in [0.25, 0.3) is 0 Å². The van der Waals surface area contributed by atoms with Gasteiger partial charge in [-0.2, -0.15) is 0 Å². The summed E-state index contributed by atoms with van der Waals surface area (Å²) in [6.45, 7) is 7.15. The van der Waals surface area contributed by atoms with Gasteiger partial charge in [0.15, 0.2) is 0 Å². The van der Waals surface area contributed by atoms with Crippen molar-refractivity contribution in [3.8, 4) is 0 Å². The smallest absolute Gasteiger partial charge is 0.0351 e. The summed E-state index contributed by atoms with van der Waals surface area (Å²) in [7, 11) is -0.496. The van der Waals surface area contributed by atoms with Crippen LogP contribution in [0.2, 0.25) is 18.6 Å². The monoisotopic (exact) mass is 276 g/mol. The molecule has 1 atom stereocenters. The molecule has 0 aliphatic carbocycles. The lowest BCUT2D eigenvalue weighted by Gasteiger charge is -2.16. The molecule has 17 heavy (non-hydrogen) atoms. The number of alkyl halides is 1. The minimum absolute atomic E-state index is 0.496. The number of unbranched alkanes of at least 4 members (excludes halogenated alkanes) is 8. The van der Waals surface area contributed by atoms with E-state index in [-0.39, 0.29) is 0 Å². The molecule has 0 spiro atoms. The molecule has 0 bridgehead atoms. The summed E-state index contributed by atoms with van der Waals surface area (Å²) in [6.07, 6.45) is 14.3. The average molecular weight is 277 g/mol. The molecule has 0 nitrogen and oxygen atoms in total. The quantitative estimate of drug-likeness (QED) is 0.233. The molecule has 0 amide bonds. The van der Waals surface area contributed by atoms with Crippen molar-refractivity contribution in [1.82, 2.24) is 0 Å². The van der Waals surface area contributed by atoms with E-state index < -0.39 is 8.80 Å². The summed E-state index contributed by atoms with van der Waals surface area (Å²) in [5.41, 5.74) is 0.876. The Morgan fingerprint density at radius 1 is 0.824 bits per heavy atom. The van der Waals surface area contributed by atoms with E-state index in [0.29, 0.717) is 0 Å². The Morgan fingerprint density at radius 3 is 1.71 bits per heavy atom. The predicted octanol–water partition coefficient (Wildman–Crippen LogP) is 6.00. The van der Waals surface area contributed by atoms with Gasteiger partial charge in [0.2, 0.25) is 0 Å². The summed E-state index contributed by atoms with van der Waals surface area (Å²) in [5, 5.41) is 0. The molecule has 0 rings (SSSR count). The van der Waals surface area contributed by atoms with E-state index in [9.17, 15) is 0 Å². The average Bonchev–Trinajstić information content (AvgIpc) is 2.31. The van der Waals surface area contributed by atoms with Crippen LogP contribution in [-0.4, -0.2) is 14.7 Å². The highest BCUT2D eigenvalue weighted by atomic mass is 35.5. The molecule has 0 saturated carbocycles. The number of hydrogen-bond donors (Lipinski definition) is 0. The maximum Gasteiger partial charge on any atom is 0.0351 e. The molecule has 2 heteroatoms. The topological polar surface area (TPSA) is 0 Å². The van der Waals surface area contributed by atoms with Crippen LogP contribution in [0.5, 0.6) is 0 Å². The SMILES string of the molecule is CCCCCCCCCCCC(CCl)[SiH](C)C. The normalized spacial score (nSPS) is 13.2. The summed E-state index contributed by atoms with van der Waals surface area (Å²) in [6, 6.07) is 0. The van der Waals surface area contributed by atoms with Gasteiger partial charge in [0.05, 0.1) is 0 Å². The molecule has 0 aromatic carbocycles. The van der Waals surface area contributed by atoms with Crippen LogP contribution in [0.1, 0.15) is 71.1 Å². The van der Waals surface area contributed by atoms with E-state index in [1.165, 1.54) is 64.2 Å². The number of rotatable bonds is 12. The fourth-order valence-corrected chi connectivity index (χ4v) is 4.79. The van der Waals surface area contributed by atoms with Crippen molar-refractivity contribution < 1.29 is 0 Å². The summed E-state index contributed by atoms with van der Waals surface area (Å²) < 4.78 is 0. The van der Waals surface area contributed by atoms with Gasteiger partial charge in [0.25, 0.3) is 0 Å². The lowest BCUT2D eigenvalue weighted by Crippen LogP contribution is -2.13. The lowest BCUT2D eigenvalue weighted by molar-refractivity contribution is 0.553. The van der Waals surface area contributed by atoms with Crippen molar-refractivity contribution in [2.75, 3.05) is 5.88 Å². The zero-order valence-corrected chi connectivity index (χ0v) is 14.2. The van der Waals surface area contributed by atoms with Gasteiger partial charge >= 0.3 is 0 Å². The van der Waals surface area contributed by atoms with Gasteiger partial charge in [-0.25, -0.2) is 0 Å². The molecule has 0 N–H and O–H groups in total. The molecule has 104 valence electrons. The predicted molar refractivity (Wildman–Crippen MR) is 85.2 cm³/mol. The van der Waals surface area contributed by atoms with Gasteiger partial charge < -0.3 is 0 Å². The Labute approximate surface area is 116 Å². The first-order valence-corrected chi connectivity index (χ1v) is 11.3. The minimum atomic E-state index is -0.496. The third-order valence-corrected chi connectivity index (χ3v) is 6.97. The molecule has 0 heterocycles. The highest BCUT2D eigenvalue weighted by Gasteiger charge is 2.12. The Hall–Kier alpha value is 0.507. The van der Waals surface area contributed by atoms with E-state index in [1.54, 1.807) is 0 Å².